The van der Waals surface area contributed by atoms with Crippen LogP contribution >= 0.6 is 0 Å². The predicted molar refractivity (Wildman–Crippen MR) is 83.3 cm³/mol. The lowest BCUT2D eigenvalue weighted by Crippen LogP contribution is -2.31. The van der Waals surface area contributed by atoms with E-state index in [1.54, 1.807) is 6.20 Å². The van der Waals surface area contributed by atoms with Crippen molar-refractivity contribution in [3.05, 3.63) is 65.5 Å². The summed E-state index contributed by atoms with van der Waals surface area (Å²) in [4.78, 5) is 8.32. The van der Waals surface area contributed by atoms with Gasteiger partial charge in [0.05, 0.1) is 0 Å². The van der Waals surface area contributed by atoms with Crippen molar-refractivity contribution in [1.82, 2.24) is 14.8 Å². The normalized spacial score (nSPS) is 11.4. The van der Waals surface area contributed by atoms with Crippen molar-refractivity contribution >= 4 is 0 Å². The lowest BCUT2D eigenvalue weighted by molar-refractivity contribution is 0.223. The van der Waals surface area contributed by atoms with Gasteiger partial charge in [0.1, 0.15) is 11.6 Å². The first-order chi connectivity index (χ1) is 10.5. The second kappa shape index (κ2) is 7.96. The highest BCUT2D eigenvalue weighted by molar-refractivity contribution is 5.19. The van der Waals surface area contributed by atoms with E-state index in [2.05, 4.69) is 14.8 Å². The zero-order valence-corrected chi connectivity index (χ0v) is 13.0. The lowest BCUT2D eigenvalue weighted by Gasteiger charge is -2.24. The molecule has 1 heterocycles. The summed E-state index contributed by atoms with van der Waals surface area (Å²) in [6.07, 6.45) is 3.54. The number of halogens is 2. The zero-order valence-electron chi connectivity index (χ0n) is 13.0. The Balaban J connectivity index is 2.09. The maximum Gasteiger partial charge on any atom is 0.130 e. The molecule has 0 atom stereocenters. The van der Waals surface area contributed by atoms with Crippen LogP contribution in [0.3, 0.4) is 0 Å². The molecule has 1 aromatic carbocycles. The minimum absolute atomic E-state index is 0.439. The molecule has 0 saturated heterocycles. The summed E-state index contributed by atoms with van der Waals surface area (Å²) in [6.45, 7) is 2.77. The van der Waals surface area contributed by atoms with Crippen molar-refractivity contribution in [3.63, 3.8) is 0 Å². The quantitative estimate of drug-likeness (QED) is 0.784. The third-order valence-corrected chi connectivity index (χ3v) is 3.40. The first-order valence-corrected chi connectivity index (χ1v) is 7.24. The number of nitrogens with zero attached hydrogens (tertiary/aromatic N) is 3. The van der Waals surface area contributed by atoms with Crippen LogP contribution in [0.4, 0.5) is 8.78 Å². The van der Waals surface area contributed by atoms with Gasteiger partial charge in [-0.15, -0.1) is 0 Å². The number of likely N-dealkylation sites (N-methyl/N-ethyl adjacent to an activating group) is 1. The SMILES string of the molecule is CN(C)CCN(Cc1cccnc1)Cc1ccc(F)cc1F. The summed E-state index contributed by atoms with van der Waals surface area (Å²) in [7, 11) is 4.00. The van der Waals surface area contributed by atoms with Crippen LogP contribution in [0, 0.1) is 11.6 Å². The molecule has 2 aromatic rings. The Labute approximate surface area is 130 Å². The first kappa shape index (κ1) is 16.5. The van der Waals surface area contributed by atoms with Gasteiger partial charge in [-0.05, 0) is 31.8 Å². The third-order valence-electron chi connectivity index (χ3n) is 3.40. The number of pyridine rings is 1. The summed E-state index contributed by atoms with van der Waals surface area (Å²) < 4.78 is 26.9. The summed E-state index contributed by atoms with van der Waals surface area (Å²) in [5, 5.41) is 0. The van der Waals surface area contributed by atoms with Gasteiger partial charge in [0.2, 0.25) is 0 Å². The number of rotatable bonds is 7. The van der Waals surface area contributed by atoms with E-state index in [9.17, 15) is 8.78 Å². The van der Waals surface area contributed by atoms with E-state index in [0.29, 0.717) is 18.7 Å². The average Bonchev–Trinajstić information content (AvgIpc) is 2.48. The Morgan fingerprint density at radius 2 is 1.86 bits per heavy atom. The van der Waals surface area contributed by atoms with Gasteiger partial charge in [0.15, 0.2) is 0 Å². The topological polar surface area (TPSA) is 19.4 Å². The van der Waals surface area contributed by atoms with E-state index >= 15 is 0 Å². The largest absolute Gasteiger partial charge is 0.308 e. The molecular formula is C17H21F2N3. The highest BCUT2D eigenvalue weighted by Crippen LogP contribution is 2.14. The summed E-state index contributed by atoms with van der Waals surface area (Å²) >= 11 is 0. The fourth-order valence-corrected chi connectivity index (χ4v) is 2.20. The van der Waals surface area contributed by atoms with Crippen molar-refractivity contribution in [2.24, 2.45) is 0 Å². The van der Waals surface area contributed by atoms with E-state index in [0.717, 1.165) is 24.7 Å². The molecule has 22 heavy (non-hydrogen) atoms. The molecule has 0 fully saturated rings. The molecule has 0 bridgehead atoms. The molecule has 0 spiro atoms. The van der Waals surface area contributed by atoms with Gasteiger partial charge >= 0.3 is 0 Å². The molecule has 0 unspecified atom stereocenters. The van der Waals surface area contributed by atoms with Gasteiger partial charge in [0.25, 0.3) is 0 Å². The van der Waals surface area contributed by atoms with Crippen LogP contribution in [0.2, 0.25) is 0 Å². The Bertz CT molecular complexity index is 588. The van der Waals surface area contributed by atoms with Crippen LogP contribution in [-0.4, -0.2) is 42.0 Å². The first-order valence-electron chi connectivity index (χ1n) is 7.24. The molecule has 0 radical (unpaired) electrons. The highest BCUT2D eigenvalue weighted by Gasteiger charge is 2.11. The van der Waals surface area contributed by atoms with E-state index < -0.39 is 11.6 Å². The van der Waals surface area contributed by atoms with Gasteiger partial charge in [-0.1, -0.05) is 12.1 Å². The molecule has 0 aliphatic rings. The van der Waals surface area contributed by atoms with Crippen molar-refractivity contribution in [2.75, 3.05) is 27.2 Å². The maximum absolute atomic E-state index is 13.9. The summed E-state index contributed by atoms with van der Waals surface area (Å²) in [6, 6.07) is 7.63. The second-order valence-corrected chi connectivity index (χ2v) is 5.61. The van der Waals surface area contributed by atoms with Crippen LogP contribution in [0.5, 0.6) is 0 Å². The summed E-state index contributed by atoms with van der Waals surface area (Å²) in [5.41, 5.74) is 1.58. The Kier molecular flexibility index (Phi) is 5.98. The minimum Gasteiger partial charge on any atom is -0.308 e. The van der Waals surface area contributed by atoms with Crippen molar-refractivity contribution in [2.45, 2.75) is 13.1 Å². The Morgan fingerprint density at radius 1 is 1.05 bits per heavy atom. The molecule has 1 aromatic heterocycles. The number of benzene rings is 1. The molecule has 0 saturated carbocycles. The van der Waals surface area contributed by atoms with Crippen molar-refractivity contribution < 1.29 is 8.78 Å². The highest BCUT2D eigenvalue weighted by atomic mass is 19.1. The van der Waals surface area contributed by atoms with Crippen LogP contribution in [-0.2, 0) is 13.1 Å². The van der Waals surface area contributed by atoms with Crippen LogP contribution in [0.15, 0.2) is 42.7 Å². The molecule has 0 aliphatic carbocycles. The maximum atomic E-state index is 13.9. The third kappa shape index (κ3) is 5.16. The van der Waals surface area contributed by atoms with Crippen LogP contribution in [0.25, 0.3) is 0 Å². The number of aromatic nitrogens is 1. The molecule has 0 aliphatic heterocycles. The fourth-order valence-electron chi connectivity index (χ4n) is 2.20. The zero-order chi connectivity index (χ0) is 15.9. The average molecular weight is 305 g/mol. The van der Waals surface area contributed by atoms with Crippen LogP contribution in [0.1, 0.15) is 11.1 Å². The Morgan fingerprint density at radius 3 is 2.50 bits per heavy atom. The monoisotopic (exact) mass is 305 g/mol. The predicted octanol–water partition coefficient (Wildman–Crippen LogP) is 2.92. The number of hydrogen-bond donors (Lipinski definition) is 0. The van der Waals surface area contributed by atoms with Gasteiger partial charge in [-0.2, -0.15) is 0 Å². The molecular weight excluding hydrogens is 284 g/mol. The van der Waals surface area contributed by atoms with Gasteiger partial charge < -0.3 is 4.90 Å². The van der Waals surface area contributed by atoms with E-state index in [1.807, 2.05) is 32.4 Å². The van der Waals surface area contributed by atoms with E-state index in [4.69, 9.17) is 0 Å². The molecule has 2 rings (SSSR count). The van der Waals surface area contributed by atoms with Gasteiger partial charge in [0, 0.05) is 50.2 Å². The van der Waals surface area contributed by atoms with Crippen molar-refractivity contribution in [3.8, 4) is 0 Å². The van der Waals surface area contributed by atoms with Crippen molar-refractivity contribution in [1.29, 1.82) is 0 Å². The van der Waals surface area contributed by atoms with E-state index in [-0.39, 0.29) is 0 Å². The smallest absolute Gasteiger partial charge is 0.130 e. The molecule has 5 heteroatoms. The van der Waals surface area contributed by atoms with E-state index in [1.165, 1.54) is 12.1 Å². The van der Waals surface area contributed by atoms with Gasteiger partial charge in [-0.25, -0.2) is 8.78 Å². The molecule has 0 N–H and O–H groups in total. The molecule has 3 nitrogen and oxygen atoms in total. The Hall–Kier alpha value is -1.85. The fraction of sp³-hybridized carbons (Fsp3) is 0.353. The molecule has 0 amide bonds. The lowest BCUT2D eigenvalue weighted by atomic mass is 10.1. The minimum atomic E-state index is -0.548. The number of hydrogen-bond acceptors (Lipinski definition) is 3. The van der Waals surface area contributed by atoms with Crippen LogP contribution < -0.4 is 0 Å². The standard InChI is InChI=1S/C17H21F2N3/c1-21(2)8-9-22(12-14-4-3-7-20-11-14)13-15-5-6-16(18)10-17(15)19/h3-7,10-11H,8-9,12-13H2,1-2H3. The second-order valence-electron chi connectivity index (χ2n) is 5.61. The summed E-state index contributed by atoms with van der Waals surface area (Å²) in [5.74, 6) is -1.05. The van der Waals surface area contributed by atoms with Gasteiger partial charge in [-0.3, -0.25) is 9.88 Å². The molecule has 118 valence electrons.